The fourth-order valence-corrected chi connectivity index (χ4v) is 4.71. The van der Waals surface area contributed by atoms with Crippen LogP contribution in [0.4, 0.5) is 9.18 Å². The summed E-state index contributed by atoms with van der Waals surface area (Å²) in [4.78, 5) is 29.3. The van der Waals surface area contributed by atoms with Crippen molar-refractivity contribution in [1.29, 1.82) is 5.26 Å². The van der Waals surface area contributed by atoms with Crippen molar-refractivity contribution in [2.45, 2.75) is 63.8 Å². The van der Waals surface area contributed by atoms with E-state index in [1.165, 1.54) is 11.0 Å². The summed E-state index contributed by atoms with van der Waals surface area (Å²) in [6.45, 7) is 9.34. The monoisotopic (exact) mass is 528 g/mol. The van der Waals surface area contributed by atoms with E-state index in [1.54, 1.807) is 26.8 Å². The third-order valence-electron chi connectivity index (χ3n) is 6.92. The number of benzene rings is 1. The summed E-state index contributed by atoms with van der Waals surface area (Å²) in [5.41, 5.74) is 1.63. The van der Waals surface area contributed by atoms with Gasteiger partial charge in [0.05, 0.1) is 31.9 Å². The lowest BCUT2D eigenvalue weighted by Gasteiger charge is -2.38. The fourth-order valence-electron chi connectivity index (χ4n) is 4.71. The van der Waals surface area contributed by atoms with E-state index in [9.17, 15) is 14.9 Å². The molecule has 0 spiro atoms. The summed E-state index contributed by atoms with van der Waals surface area (Å²) in [5, 5.41) is 12.3. The normalized spacial score (nSPS) is 21.9. The number of nitrogens with one attached hydrogen (secondary N) is 1. The maximum Gasteiger partial charge on any atom is 0.410 e. The van der Waals surface area contributed by atoms with Gasteiger partial charge in [-0.1, -0.05) is 18.2 Å². The van der Waals surface area contributed by atoms with E-state index >= 15 is 4.39 Å². The minimum Gasteiger partial charge on any atom is -0.444 e. The highest BCUT2D eigenvalue weighted by Gasteiger charge is 2.32. The molecule has 3 aliphatic rings. The first-order chi connectivity index (χ1) is 18.1. The fraction of sp³-hybridized carbons (Fsp3) is 0.607. The second-order valence-electron chi connectivity index (χ2n) is 11.0. The van der Waals surface area contributed by atoms with Gasteiger partial charge in [-0.15, -0.1) is 0 Å². The van der Waals surface area contributed by atoms with Gasteiger partial charge < -0.3 is 24.4 Å². The Morgan fingerprint density at radius 3 is 2.68 bits per heavy atom. The predicted octanol–water partition coefficient (Wildman–Crippen LogP) is 2.89. The van der Waals surface area contributed by atoms with E-state index in [-0.39, 0.29) is 13.0 Å². The molecule has 2 saturated heterocycles. The van der Waals surface area contributed by atoms with Crippen LogP contribution in [0.15, 0.2) is 24.3 Å². The Kier molecular flexibility index (Phi) is 9.03. The number of amides is 2. The zero-order valence-corrected chi connectivity index (χ0v) is 22.4. The van der Waals surface area contributed by atoms with Crippen LogP contribution in [-0.2, 0) is 25.4 Å². The summed E-state index contributed by atoms with van der Waals surface area (Å²) < 4.78 is 31.4. The summed E-state index contributed by atoms with van der Waals surface area (Å²) in [6, 6.07) is 6.64. The van der Waals surface area contributed by atoms with Gasteiger partial charge >= 0.3 is 6.09 Å². The summed E-state index contributed by atoms with van der Waals surface area (Å²) in [6.07, 6.45) is 2.10. The second-order valence-corrected chi connectivity index (χ2v) is 11.0. The van der Waals surface area contributed by atoms with Crippen molar-refractivity contribution in [2.75, 3.05) is 46.0 Å². The number of ether oxygens (including phenoxy) is 3. The van der Waals surface area contributed by atoms with Crippen molar-refractivity contribution in [3.05, 3.63) is 41.2 Å². The SMILES string of the molecule is CC(C)(C)OC(=O)N1CCCO[C@H](C(=O)N[C@H](C#N)Cc2ccc(C3=CCN(C4COC4)CC3)cc2F)C1. The third kappa shape index (κ3) is 7.31. The van der Waals surface area contributed by atoms with Crippen LogP contribution in [0.1, 0.15) is 44.7 Å². The first-order valence-corrected chi connectivity index (χ1v) is 13.2. The number of rotatable bonds is 6. The van der Waals surface area contributed by atoms with Crippen molar-refractivity contribution in [3.63, 3.8) is 0 Å². The third-order valence-corrected chi connectivity index (χ3v) is 6.92. The number of hydrogen-bond donors (Lipinski definition) is 1. The van der Waals surface area contributed by atoms with Crippen LogP contribution in [0.25, 0.3) is 5.57 Å². The van der Waals surface area contributed by atoms with E-state index in [1.807, 2.05) is 12.1 Å². The van der Waals surface area contributed by atoms with Gasteiger partial charge in [-0.05, 0) is 56.4 Å². The molecule has 206 valence electrons. The molecule has 3 aliphatic heterocycles. The Bertz CT molecular complexity index is 1090. The van der Waals surface area contributed by atoms with Crippen LogP contribution in [0.3, 0.4) is 0 Å². The molecule has 38 heavy (non-hydrogen) atoms. The average Bonchev–Trinajstić information content (AvgIpc) is 3.10. The molecule has 3 heterocycles. The Morgan fingerprint density at radius 2 is 2.08 bits per heavy atom. The molecule has 0 saturated carbocycles. The van der Waals surface area contributed by atoms with Crippen LogP contribution in [0, 0.1) is 17.1 Å². The van der Waals surface area contributed by atoms with Crippen molar-refractivity contribution >= 4 is 17.6 Å². The van der Waals surface area contributed by atoms with Gasteiger partial charge in [-0.25, -0.2) is 9.18 Å². The zero-order valence-electron chi connectivity index (χ0n) is 22.4. The Labute approximate surface area is 223 Å². The molecular formula is C28H37FN4O5. The van der Waals surface area contributed by atoms with Gasteiger partial charge in [0.1, 0.15) is 17.5 Å². The predicted molar refractivity (Wildman–Crippen MR) is 139 cm³/mol. The molecule has 10 heteroatoms. The molecule has 0 unspecified atom stereocenters. The second kappa shape index (κ2) is 12.2. The van der Waals surface area contributed by atoms with E-state index in [4.69, 9.17) is 14.2 Å². The molecule has 0 aliphatic carbocycles. The van der Waals surface area contributed by atoms with E-state index in [0.717, 1.165) is 43.9 Å². The van der Waals surface area contributed by atoms with Crippen molar-refractivity contribution in [3.8, 4) is 6.07 Å². The zero-order chi connectivity index (χ0) is 27.3. The Hall–Kier alpha value is -3.00. The minimum absolute atomic E-state index is 0.0161. The van der Waals surface area contributed by atoms with Crippen LogP contribution in [0.5, 0.6) is 0 Å². The molecule has 2 atom stereocenters. The summed E-state index contributed by atoms with van der Waals surface area (Å²) >= 11 is 0. The standard InChI is InChI=1S/C28H37FN4O5/c1-28(2,3)38-27(35)33-9-4-12-37-25(16-33)26(34)31-22(15-30)13-21-6-5-20(14-24(21)29)19-7-10-32(11-8-19)23-17-36-18-23/h5-7,14,22-23,25H,4,8-13,16-18H2,1-3H3,(H,31,34)/t22-,25-/m0/s1. The lowest BCUT2D eigenvalue weighted by Crippen LogP contribution is -2.50. The number of halogens is 1. The quantitative estimate of drug-likeness (QED) is 0.606. The van der Waals surface area contributed by atoms with Gasteiger partial charge in [0.2, 0.25) is 0 Å². The van der Waals surface area contributed by atoms with E-state index in [0.29, 0.717) is 31.2 Å². The number of nitrogens with zero attached hydrogens (tertiary/aromatic N) is 3. The van der Waals surface area contributed by atoms with Crippen molar-refractivity contribution in [1.82, 2.24) is 15.1 Å². The molecule has 4 rings (SSSR count). The largest absolute Gasteiger partial charge is 0.444 e. The molecular weight excluding hydrogens is 491 g/mol. The van der Waals surface area contributed by atoms with Gasteiger partial charge in [0, 0.05) is 32.7 Å². The highest BCUT2D eigenvalue weighted by Crippen LogP contribution is 2.26. The molecule has 0 radical (unpaired) electrons. The highest BCUT2D eigenvalue weighted by molar-refractivity contribution is 5.82. The molecule has 1 aromatic rings. The molecule has 0 bridgehead atoms. The topological polar surface area (TPSA) is 104 Å². The van der Waals surface area contributed by atoms with Gasteiger partial charge in [0.25, 0.3) is 5.91 Å². The van der Waals surface area contributed by atoms with Crippen LogP contribution in [-0.4, -0.2) is 91.6 Å². The summed E-state index contributed by atoms with van der Waals surface area (Å²) in [7, 11) is 0. The first-order valence-electron chi connectivity index (χ1n) is 13.2. The summed E-state index contributed by atoms with van der Waals surface area (Å²) in [5.74, 6) is -0.924. The number of nitriles is 1. The number of carbonyl (C=O) groups excluding carboxylic acids is 2. The Morgan fingerprint density at radius 1 is 1.29 bits per heavy atom. The maximum absolute atomic E-state index is 15.0. The lowest BCUT2D eigenvalue weighted by atomic mass is 9.95. The maximum atomic E-state index is 15.0. The minimum atomic E-state index is -0.947. The molecule has 1 aromatic carbocycles. The van der Waals surface area contributed by atoms with Crippen LogP contribution in [0.2, 0.25) is 0 Å². The van der Waals surface area contributed by atoms with Crippen molar-refractivity contribution in [2.24, 2.45) is 0 Å². The van der Waals surface area contributed by atoms with Gasteiger partial charge in [-0.2, -0.15) is 5.26 Å². The molecule has 2 amide bonds. The highest BCUT2D eigenvalue weighted by atomic mass is 19.1. The molecule has 1 N–H and O–H groups in total. The van der Waals surface area contributed by atoms with E-state index in [2.05, 4.69) is 16.3 Å². The van der Waals surface area contributed by atoms with Crippen molar-refractivity contribution < 1.29 is 28.2 Å². The van der Waals surface area contributed by atoms with Crippen LogP contribution < -0.4 is 5.32 Å². The first kappa shape index (κ1) is 28.0. The van der Waals surface area contributed by atoms with Gasteiger partial charge in [-0.3, -0.25) is 9.69 Å². The Balaban J connectivity index is 1.34. The molecule has 0 aromatic heterocycles. The number of carbonyl (C=O) groups is 2. The smallest absolute Gasteiger partial charge is 0.410 e. The molecule has 9 nitrogen and oxygen atoms in total. The van der Waals surface area contributed by atoms with E-state index < -0.39 is 35.6 Å². The lowest BCUT2D eigenvalue weighted by molar-refractivity contribution is -0.133. The number of hydrogen-bond acceptors (Lipinski definition) is 7. The van der Waals surface area contributed by atoms with Gasteiger partial charge in [0.15, 0.2) is 6.10 Å². The van der Waals surface area contributed by atoms with Crippen LogP contribution >= 0.6 is 0 Å². The molecule has 2 fully saturated rings. The average molecular weight is 529 g/mol.